The highest BCUT2D eigenvalue weighted by Crippen LogP contribution is 2.52. The van der Waals surface area contributed by atoms with Crippen LogP contribution in [-0.4, -0.2) is 43.8 Å². The largest absolute Gasteiger partial charge is 0.497 e. The molecule has 6 nitrogen and oxygen atoms in total. The first-order valence-electron chi connectivity index (χ1n) is 8.59. The Bertz CT molecular complexity index is 728. The van der Waals surface area contributed by atoms with E-state index in [0.29, 0.717) is 13.2 Å². The molecule has 1 amide bonds. The van der Waals surface area contributed by atoms with Crippen LogP contribution in [0.4, 0.5) is 5.69 Å². The van der Waals surface area contributed by atoms with Crippen molar-refractivity contribution in [3.05, 3.63) is 36.4 Å². The lowest BCUT2D eigenvalue weighted by Crippen LogP contribution is -2.40. The maximum absolute atomic E-state index is 13.1. The topological polar surface area (TPSA) is 65.1 Å². The molecule has 4 rings (SSSR count). The quantitative estimate of drug-likeness (QED) is 0.604. The van der Waals surface area contributed by atoms with Crippen molar-refractivity contribution in [2.45, 2.75) is 25.0 Å². The monoisotopic (exact) mass is 343 g/mol. The average Bonchev–Trinajstić information content (AvgIpc) is 3.28. The van der Waals surface area contributed by atoms with Crippen LogP contribution in [0.1, 0.15) is 13.3 Å². The maximum Gasteiger partial charge on any atom is 0.312 e. The number of methoxy groups -OCH3 is 1. The van der Waals surface area contributed by atoms with E-state index in [1.54, 1.807) is 12.0 Å². The molecule has 6 heteroatoms. The van der Waals surface area contributed by atoms with E-state index in [-0.39, 0.29) is 18.0 Å². The maximum atomic E-state index is 13.1. The summed E-state index contributed by atoms with van der Waals surface area (Å²) in [5.41, 5.74) is 0.0492. The van der Waals surface area contributed by atoms with Gasteiger partial charge in [-0.05, 0) is 30.7 Å². The number of benzene rings is 1. The molecule has 0 unspecified atom stereocenters. The van der Waals surface area contributed by atoms with Crippen LogP contribution in [-0.2, 0) is 19.1 Å². The van der Waals surface area contributed by atoms with E-state index in [4.69, 9.17) is 14.2 Å². The third-order valence-electron chi connectivity index (χ3n) is 5.21. The number of hydrogen-bond donors (Lipinski definition) is 0. The minimum absolute atomic E-state index is 0.0875. The van der Waals surface area contributed by atoms with Gasteiger partial charge in [0, 0.05) is 5.69 Å². The highest BCUT2D eigenvalue weighted by molar-refractivity contribution is 6.02. The van der Waals surface area contributed by atoms with Crippen LogP contribution in [0.5, 0.6) is 5.75 Å². The van der Waals surface area contributed by atoms with Crippen molar-refractivity contribution in [1.82, 2.24) is 0 Å². The first-order valence-corrected chi connectivity index (χ1v) is 8.59. The van der Waals surface area contributed by atoms with E-state index >= 15 is 0 Å². The van der Waals surface area contributed by atoms with Crippen LogP contribution in [0.2, 0.25) is 0 Å². The summed E-state index contributed by atoms with van der Waals surface area (Å²) in [6, 6.07) is 7.31. The molecule has 3 aliphatic rings. The molecule has 3 aliphatic heterocycles. The summed E-state index contributed by atoms with van der Waals surface area (Å²) in [5.74, 6) is -0.781. The number of carbonyl (C=O) groups excluding carboxylic acids is 2. The second-order valence-electron chi connectivity index (χ2n) is 6.69. The van der Waals surface area contributed by atoms with Crippen molar-refractivity contribution in [2.75, 3.05) is 25.2 Å². The number of ether oxygens (including phenoxy) is 3. The Hall–Kier alpha value is -2.34. The molecule has 0 aromatic heterocycles. The number of carbonyl (C=O) groups is 2. The van der Waals surface area contributed by atoms with Crippen molar-refractivity contribution in [2.24, 2.45) is 11.8 Å². The smallest absolute Gasteiger partial charge is 0.312 e. The third-order valence-corrected chi connectivity index (χ3v) is 5.21. The Kier molecular flexibility index (Phi) is 3.80. The minimum Gasteiger partial charge on any atom is -0.497 e. The fourth-order valence-corrected chi connectivity index (χ4v) is 4.05. The van der Waals surface area contributed by atoms with E-state index in [1.165, 1.54) is 0 Å². The molecule has 0 aliphatic carbocycles. The van der Waals surface area contributed by atoms with Crippen LogP contribution >= 0.6 is 0 Å². The van der Waals surface area contributed by atoms with E-state index in [1.807, 2.05) is 43.3 Å². The highest BCUT2D eigenvalue weighted by atomic mass is 16.6. The number of rotatable bonds is 5. The molecule has 3 heterocycles. The highest BCUT2D eigenvalue weighted by Gasteiger charge is 2.67. The van der Waals surface area contributed by atoms with Crippen molar-refractivity contribution < 1.29 is 23.8 Å². The summed E-state index contributed by atoms with van der Waals surface area (Å²) < 4.78 is 16.5. The summed E-state index contributed by atoms with van der Waals surface area (Å²) in [5, 5.41) is 0. The lowest BCUT2D eigenvalue weighted by Gasteiger charge is -2.22. The molecule has 4 atom stereocenters. The zero-order valence-electron chi connectivity index (χ0n) is 14.3. The van der Waals surface area contributed by atoms with Gasteiger partial charge in [0.05, 0.1) is 32.3 Å². The lowest BCUT2D eigenvalue weighted by atomic mass is 9.77. The van der Waals surface area contributed by atoms with Crippen molar-refractivity contribution in [3.8, 4) is 5.75 Å². The van der Waals surface area contributed by atoms with Crippen molar-refractivity contribution >= 4 is 17.6 Å². The molecular weight excluding hydrogens is 322 g/mol. The molecule has 1 aromatic carbocycles. The van der Waals surface area contributed by atoms with Gasteiger partial charge in [-0.2, -0.15) is 0 Å². The van der Waals surface area contributed by atoms with Gasteiger partial charge in [0.15, 0.2) is 0 Å². The van der Waals surface area contributed by atoms with Crippen LogP contribution in [0, 0.1) is 11.8 Å². The molecule has 2 bridgehead atoms. The number of fused-ring (bicyclic) bond motifs is 1. The summed E-state index contributed by atoms with van der Waals surface area (Å²) in [6.07, 6.45) is 4.21. The lowest BCUT2D eigenvalue weighted by molar-refractivity contribution is -0.152. The van der Waals surface area contributed by atoms with Gasteiger partial charge in [0.2, 0.25) is 5.91 Å². The molecular formula is C19H21NO5. The van der Waals surface area contributed by atoms with E-state index < -0.39 is 17.4 Å². The van der Waals surface area contributed by atoms with Gasteiger partial charge < -0.3 is 19.1 Å². The normalized spacial score (nSPS) is 32.2. The Labute approximate surface area is 146 Å². The predicted molar refractivity (Wildman–Crippen MR) is 90.3 cm³/mol. The van der Waals surface area contributed by atoms with Crippen molar-refractivity contribution in [1.29, 1.82) is 0 Å². The predicted octanol–water partition coefficient (Wildman–Crippen LogP) is 1.93. The van der Waals surface area contributed by atoms with E-state index in [2.05, 4.69) is 0 Å². The van der Waals surface area contributed by atoms with Gasteiger partial charge in [-0.3, -0.25) is 9.59 Å². The SMILES string of the molecule is CCCOC(=O)[C@H]1[C@H]2C=C[C@]3(CN(c4ccc(OC)cc4)C(=O)[C@@H]13)O2. The molecule has 0 saturated carbocycles. The van der Waals surface area contributed by atoms with Crippen LogP contribution < -0.4 is 9.64 Å². The molecule has 2 fully saturated rings. The Morgan fingerprint density at radius 1 is 1.36 bits per heavy atom. The molecule has 1 spiro atoms. The van der Waals surface area contributed by atoms with Crippen molar-refractivity contribution in [3.63, 3.8) is 0 Å². The van der Waals surface area contributed by atoms with E-state index in [0.717, 1.165) is 17.9 Å². The molecule has 132 valence electrons. The van der Waals surface area contributed by atoms with Gasteiger partial charge in [-0.1, -0.05) is 19.1 Å². The number of esters is 1. The van der Waals surface area contributed by atoms with Gasteiger partial charge in [-0.15, -0.1) is 0 Å². The first kappa shape index (κ1) is 16.1. The number of nitrogens with zero attached hydrogens (tertiary/aromatic N) is 1. The zero-order chi connectivity index (χ0) is 17.6. The minimum atomic E-state index is -0.725. The molecule has 1 aromatic rings. The molecule has 0 radical (unpaired) electrons. The fraction of sp³-hybridized carbons (Fsp3) is 0.474. The molecule has 25 heavy (non-hydrogen) atoms. The summed E-state index contributed by atoms with van der Waals surface area (Å²) in [7, 11) is 1.60. The second kappa shape index (κ2) is 5.88. The third kappa shape index (κ3) is 2.35. The average molecular weight is 343 g/mol. The summed E-state index contributed by atoms with van der Waals surface area (Å²) in [6.45, 7) is 2.72. The number of anilines is 1. The number of amides is 1. The zero-order valence-corrected chi connectivity index (χ0v) is 14.3. The van der Waals surface area contributed by atoms with Gasteiger partial charge in [0.25, 0.3) is 0 Å². The van der Waals surface area contributed by atoms with E-state index in [9.17, 15) is 9.59 Å². The number of hydrogen-bond acceptors (Lipinski definition) is 5. The first-order chi connectivity index (χ1) is 12.1. The fourth-order valence-electron chi connectivity index (χ4n) is 4.05. The van der Waals surface area contributed by atoms with Gasteiger partial charge in [0.1, 0.15) is 17.3 Å². The Balaban J connectivity index is 1.61. The van der Waals surface area contributed by atoms with Crippen LogP contribution in [0.15, 0.2) is 36.4 Å². The van der Waals surface area contributed by atoms with Crippen LogP contribution in [0.25, 0.3) is 0 Å². The summed E-state index contributed by atoms with van der Waals surface area (Å²) in [4.78, 5) is 27.3. The Morgan fingerprint density at radius 3 is 2.80 bits per heavy atom. The molecule has 0 N–H and O–H groups in total. The molecule has 2 saturated heterocycles. The second-order valence-corrected chi connectivity index (χ2v) is 6.69. The Morgan fingerprint density at radius 2 is 2.12 bits per heavy atom. The summed E-state index contributed by atoms with van der Waals surface area (Å²) >= 11 is 0. The van der Waals surface area contributed by atoms with Crippen LogP contribution in [0.3, 0.4) is 0 Å². The van der Waals surface area contributed by atoms with Gasteiger partial charge in [-0.25, -0.2) is 0 Å². The van der Waals surface area contributed by atoms with Gasteiger partial charge >= 0.3 is 5.97 Å². The standard InChI is InChI=1S/C19H21NO5/c1-3-10-24-18(22)15-14-8-9-19(25-14)11-20(17(21)16(15)19)12-4-6-13(23-2)7-5-12/h4-9,14-16H,3,10-11H2,1-2H3/t14-,15+,16-,19-/m1/s1.